The van der Waals surface area contributed by atoms with E-state index in [-0.39, 0.29) is 5.75 Å². The maximum absolute atomic E-state index is 11.7. The van der Waals surface area contributed by atoms with Crippen molar-refractivity contribution in [3.63, 3.8) is 0 Å². The average molecular weight is 362 g/mol. The van der Waals surface area contributed by atoms with Crippen LogP contribution >= 0.6 is 39.1 Å². The van der Waals surface area contributed by atoms with Gasteiger partial charge in [0.05, 0.1) is 5.75 Å². The summed E-state index contributed by atoms with van der Waals surface area (Å²) < 4.78 is 21.5. The van der Waals surface area contributed by atoms with Crippen molar-refractivity contribution in [2.75, 3.05) is 5.75 Å². The molecule has 1 aromatic carbocycles. The number of halogens is 3. The molecule has 0 saturated carbocycles. The van der Waals surface area contributed by atoms with Crippen molar-refractivity contribution in [1.82, 2.24) is 0 Å². The number of rotatable bonds is 4. The fourth-order valence-electron chi connectivity index (χ4n) is 1.20. The standard InChI is InChI=1S/C10H11BrCl2O3S/c1-2-17(15,16)10(11,13)9(14)7-3-5-8(12)6-4-7/h3-6,9,14H,2H2,1H3/t9-,10+/m1/s1. The molecule has 1 rings (SSSR count). The van der Waals surface area contributed by atoms with Crippen LogP contribution < -0.4 is 0 Å². The number of sulfone groups is 1. The second-order valence-corrected chi connectivity index (χ2v) is 9.36. The first-order valence-electron chi connectivity index (χ1n) is 4.76. The first-order valence-corrected chi connectivity index (χ1v) is 7.96. The van der Waals surface area contributed by atoms with Crippen LogP contribution in [0.4, 0.5) is 0 Å². The van der Waals surface area contributed by atoms with E-state index in [0.717, 1.165) is 0 Å². The zero-order chi connectivity index (χ0) is 13.3. The Hall–Kier alpha value is 0.190. The molecule has 0 fully saturated rings. The molecule has 1 N–H and O–H groups in total. The van der Waals surface area contributed by atoms with E-state index >= 15 is 0 Å². The smallest absolute Gasteiger partial charge is 0.229 e. The number of hydrogen-bond donors (Lipinski definition) is 1. The Balaban J connectivity index is 3.12. The first-order chi connectivity index (χ1) is 7.72. The average Bonchev–Trinajstić information content (AvgIpc) is 2.28. The lowest BCUT2D eigenvalue weighted by Crippen LogP contribution is -2.34. The predicted molar refractivity (Wildman–Crippen MR) is 73.4 cm³/mol. The Morgan fingerprint density at radius 2 is 1.88 bits per heavy atom. The second-order valence-electron chi connectivity index (χ2n) is 3.42. The van der Waals surface area contributed by atoms with Crippen molar-refractivity contribution in [2.24, 2.45) is 0 Å². The summed E-state index contributed by atoms with van der Waals surface area (Å²) in [7, 11) is -3.66. The van der Waals surface area contributed by atoms with E-state index in [1.165, 1.54) is 19.1 Å². The van der Waals surface area contributed by atoms with Crippen molar-refractivity contribution in [3.05, 3.63) is 34.9 Å². The molecule has 0 aromatic heterocycles. The van der Waals surface area contributed by atoms with Crippen LogP contribution in [0.3, 0.4) is 0 Å². The van der Waals surface area contributed by atoms with Crippen LogP contribution in [0, 0.1) is 0 Å². The van der Waals surface area contributed by atoms with Gasteiger partial charge in [0.2, 0.25) is 3.12 Å². The van der Waals surface area contributed by atoms with Crippen LogP contribution in [0.25, 0.3) is 0 Å². The zero-order valence-electron chi connectivity index (χ0n) is 8.90. The third-order valence-corrected chi connectivity index (χ3v) is 7.19. The van der Waals surface area contributed by atoms with E-state index in [1.54, 1.807) is 12.1 Å². The van der Waals surface area contributed by atoms with E-state index in [0.29, 0.717) is 10.6 Å². The van der Waals surface area contributed by atoms with Gasteiger partial charge in [0.15, 0.2) is 9.84 Å². The van der Waals surface area contributed by atoms with Gasteiger partial charge in [-0.25, -0.2) is 8.42 Å². The fraction of sp³-hybridized carbons (Fsp3) is 0.400. The topological polar surface area (TPSA) is 54.4 Å². The van der Waals surface area contributed by atoms with E-state index in [1.807, 2.05) is 0 Å². The maximum atomic E-state index is 11.7. The summed E-state index contributed by atoms with van der Waals surface area (Å²) in [4.78, 5) is 0. The molecule has 0 bridgehead atoms. The molecule has 0 amide bonds. The summed E-state index contributed by atoms with van der Waals surface area (Å²) in [5, 5.41) is 10.5. The van der Waals surface area contributed by atoms with E-state index in [9.17, 15) is 13.5 Å². The molecule has 2 atom stereocenters. The van der Waals surface area contributed by atoms with Gasteiger partial charge in [-0.1, -0.05) is 42.3 Å². The van der Waals surface area contributed by atoms with Crippen LogP contribution in [0.5, 0.6) is 0 Å². The van der Waals surface area contributed by atoms with E-state index in [4.69, 9.17) is 23.2 Å². The highest BCUT2D eigenvalue weighted by Crippen LogP contribution is 2.43. The summed E-state index contributed by atoms with van der Waals surface area (Å²) in [6.07, 6.45) is -1.38. The van der Waals surface area contributed by atoms with Gasteiger partial charge in [-0.05, 0) is 33.6 Å². The number of aliphatic hydroxyl groups is 1. The molecule has 0 radical (unpaired) electrons. The lowest BCUT2D eigenvalue weighted by Gasteiger charge is -2.25. The molecule has 17 heavy (non-hydrogen) atoms. The maximum Gasteiger partial charge on any atom is 0.229 e. The van der Waals surface area contributed by atoms with Crippen LogP contribution in [0.2, 0.25) is 5.02 Å². The van der Waals surface area contributed by atoms with Gasteiger partial charge in [0.1, 0.15) is 6.10 Å². The van der Waals surface area contributed by atoms with Gasteiger partial charge in [-0.3, -0.25) is 0 Å². The highest BCUT2D eigenvalue weighted by molar-refractivity contribution is 9.12. The largest absolute Gasteiger partial charge is 0.385 e. The van der Waals surface area contributed by atoms with Crippen LogP contribution in [0.1, 0.15) is 18.6 Å². The minimum atomic E-state index is -3.66. The van der Waals surface area contributed by atoms with E-state index < -0.39 is 19.1 Å². The monoisotopic (exact) mass is 360 g/mol. The van der Waals surface area contributed by atoms with Gasteiger partial charge < -0.3 is 5.11 Å². The molecule has 0 aliphatic carbocycles. The predicted octanol–water partition coefficient (Wildman–Crippen LogP) is 3.10. The van der Waals surface area contributed by atoms with Crippen LogP contribution in [-0.2, 0) is 9.84 Å². The summed E-state index contributed by atoms with van der Waals surface area (Å²) >= 11 is 14.5. The SMILES string of the molecule is CCS(=O)(=O)[C@](Cl)(Br)[C@H](O)c1ccc(Cl)cc1. The molecule has 0 aliphatic rings. The molecule has 0 heterocycles. The van der Waals surface area contributed by atoms with Crippen molar-refractivity contribution >= 4 is 49.0 Å². The van der Waals surface area contributed by atoms with Crippen molar-refractivity contribution in [3.8, 4) is 0 Å². The number of hydrogen-bond acceptors (Lipinski definition) is 3. The normalized spacial score (nSPS) is 17.5. The number of aliphatic hydroxyl groups excluding tert-OH is 1. The molecule has 3 nitrogen and oxygen atoms in total. The van der Waals surface area contributed by atoms with Gasteiger partial charge in [-0.15, -0.1) is 0 Å². The minimum Gasteiger partial charge on any atom is -0.385 e. The molecule has 96 valence electrons. The lowest BCUT2D eigenvalue weighted by atomic mass is 10.1. The van der Waals surface area contributed by atoms with Crippen LogP contribution in [0.15, 0.2) is 24.3 Å². The first kappa shape index (κ1) is 15.2. The third-order valence-electron chi connectivity index (χ3n) is 2.30. The molecule has 0 unspecified atom stereocenters. The number of alkyl halides is 2. The Morgan fingerprint density at radius 1 is 1.41 bits per heavy atom. The van der Waals surface area contributed by atoms with Crippen molar-refractivity contribution in [2.45, 2.75) is 16.1 Å². The highest BCUT2D eigenvalue weighted by atomic mass is 79.9. The molecular formula is C10H11BrCl2O3S. The molecule has 0 spiro atoms. The van der Waals surface area contributed by atoms with Crippen LogP contribution in [-0.4, -0.2) is 22.4 Å². The summed E-state index contributed by atoms with van der Waals surface area (Å²) in [6, 6.07) is 6.16. The van der Waals surface area contributed by atoms with E-state index in [2.05, 4.69) is 15.9 Å². The Morgan fingerprint density at radius 3 is 2.29 bits per heavy atom. The fourth-order valence-corrected chi connectivity index (χ4v) is 3.59. The van der Waals surface area contributed by atoms with Gasteiger partial charge in [0.25, 0.3) is 0 Å². The Kier molecular flexibility index (Phi) is 4.88. The van der Waals surface area contributed by atoms with Gasteiger partial charge in [-0.2, -0.15) is 0 Å². The van der Waals surface area contributed by atoms with Gasteiger partial charge >= 0.3 is 0 Å². The Bertz CT molecular complexity index is 485. The summed E-state index contributed by atoms with van der Waals surface area (Å²) in [5.41, 5.74) is 0.373. The van der Waals surface area contributed by atoms with Gasteiger partial charge in [0, 0.05) is 5.02 Å². The summed E-state index contributed by atoms with van der Waals surface area (Å²) in [5.74, 6) is -0.174. The quantitative estimate of drug-likeness (QED) is 0.838. The summed E-state index contributed by atoms with van der Waals surface area (Å²) in [6.45, 7) is 1.46. The second kappa shape index (κ2) is 5.45. The Labute approximate surface area is 119 Å². The highest BCUT2D eigenvalue weighted by Gasteiger charge is 2.45. The molecule has 0 saturated heterocycles. The molecule has 0 aliphatic heterocycles. The molecule has 1 aromatic rings. The number of benzene rings is 1. The minimum absolute atomic E-state index is 0.174. The molecule has 7 heteroatoms. The van der Waals surface area contributed by atoms with Crippen molar-refractivity contribution in [1.29, 1.82) is 0 Å². The third kappa shape index (κ3) is 3.15. The molecular weight excluding hydrogens is 351 g/mol. The van der Waals surface area contributed by atoms with Crippen molar-refractivity contribution < 1.29 is 13.5 Å². The lowest BCUT2D eigenvalue weighted by molar-refractivity contribution is 0.185. The zero-order valence-corrected chi connectivity index (χ0v) is 12.8.